The van der Waals surface area contributed by atoms with Gasteiger partial charge in [-0.15, -0.1) is 0 Å². The molecule has 2 aromatic carbocycles. The van der Waals surface area contributed by atoms with Crippen molar-refractivity contribution >= 4 is 12.2 Å². The summed E-state index contributed by atoms with van der Waals surface area (Å²) < 4.78 is 81.2. The minimum Gasteiger partial charge on any atom is -0.494 e. The number of halogens is 5. The predicted molar refractivity (Wildman–Crippen MR) is 145 cm³/mol. The number of aromatic amines is 1. The van der Waals surface area contributed by atoms with Gasteiger partial charge < -0.3 is 24.5 Å². The van der Waals surface area contributed by atoms with Crippen LogP contribution in [0.1, 0.15) is 48.9 Å². The zero-order valence-corrected chi connectivity index (χ0v) is 23.2. The molecule has 0 spiro atoms. The number of nitrogens with zero attached hydrogens (tertiary/aromatic N) is 4. The van der Waals surface area contributed by atoms with E-state index >= 15 is 0 Å². The number of rotatable bonds is 11. The Hall–Kier alpha value is -4.79. The van der Waals surface area contributed by atoms with E-state index in [1.165, 1.54) is 24.4 Å². The molecule has 10 nitrogen and oxygen atoms in total. The molecule has 0 bridgehead atoms. The third-order valence-corrected chi connectivity index (χ3v) is 7.10. The van der Waals surface area contributed by atoms with E-state index in [1.807, 2.05) is 6.92 Å². The first-order valence-corrected chi connectivity index (χ1v) is 13.5. The van der Waals surface area contributed by atoms with Gasteiger partial charge in [0.05, 0.1) is 36.2 Å². The summed E-state index contributed by atoms with van der Waals surface area (Å²) >= 11 is 0. The number of nitrogens with one attached hydrogen (secondary N) is 1. The summed E-state index contributed by atoms with van der Waals surface area (Å²) in [6.45, 7) is 1.36. The third-order valence-electron chi connectivity index (χ3n) is 7.10. The van der Waals surface area contributed by atoms with Crippen LogP contribution in [0.25, 0.3) is 22.6 Å². The first kappa shape index (κ1) is 30.7. The van der Waals surface area contributed by atoms with Crippen LogP contribution in [0.3, 0.4) is 0 Å². The number of hydrogen-bond donors (Lipinski definition) is 3. The number of aliphatic hydroxyl groups is 1. The van der Waals surface area contributed by atoms with Crippen LogP contribution >= 0.6 is 0 Å². The molecule has 0 amide bonds. The van der Waals surface area contributed by atoms with E-state index in [0.717, 1.165) is 29.3 Å². The van der Waals surface area contributed by atoms with Gasteiger partial charge in [-0.1, -0.05) is 18.1 Å². The van der Waals surface area contributed by atoms with Gasteiger partial charge in [-0.2, -0.15) is 18.3 Å². The van der Waals surface area contributed by atoms with Crippen LogP contribution in [0, 0.1) is 11.6 Å². The molecule has 4 aromatic rings. The highest BCUT2D eigenvalue weighted by Gasteiger charge is 2.50. The van der Waals surface area contributed by atoms with Crippen LogP contribution in [-0.2, 0) is 23.1 Å². The summed E-state index contributed by atoms with van der Waals surface area (Å²) in [5, 5.41) is 29.2. The fraction of sp³-hybridized carbons (Fsp3) is 0.310. The topological polar surface area (TPSA) is 137 Å². The Morgan fingerprint density at radius 2 is 1.95 bits per heavy atom. The maximum absolute atomic E-state index is 14.4. The van der Waals surface area contributed by atoms with E-state index < -0.39 is 41.5 Å². The summed E-state index contributed by atoms with van der Waals surface area (Å²) in [5.41, 5.74) is -3.46. The maximum Gasteiger partial charge on any atom is 0.417 e. The predicted octanol–water partition coefficient (Wildman–Crippen LogP) is 5.72. The molecule has 1 aliphatic heterocycles. The summed E-state index contributed by atoms with van der Waals surface area (Å²) in [6, 6.07) is 8.00. The minimum absolute atomic E-state index is 0.00461. The molecule has 3 N–H and O–H groups in total. The number of ether oxygens (including phenoxy) is 1. The highest BCUT2D eigenvalue weighted by molar-refractivity contribution is 5.84. The Labute approximate surface area is 246 Å². The average Bonchev–Trinajstić information content (AvgIpc) is 3.65. The fourth-order valence-corrected chi connectivity index (χ4v) is 4.94. The number of aliphatic hydroxyl groups excluding tert-OH is 1. The molecule has 1 atom stereocenters. The molecule has 0 aliphatic carbocycles. The van der Waals surface area contributed by atoms with Gasteiger partial charge in [0.15, 0.2) is 17.4 Å². The van der Waals surface area contributed by atoms with Gasteiger partial charge in [0.25, 0.3) is 0 Å². The SMILES string of the molecule is CCCOc1ccc(-c2cc(C(CCCO)(C(=O)O)N3Cc4[nH]c(-c5cccc(F)c5F)nc4C=N3)on2)c(C(F)(F)F)c1. The molecule has 232 valence electrons. The van der Waals surface area contributed by atoms with Crippen molar-refractivity contribution in [2.45, 2.75) is 44.4 Å². The zero-order valence-electron chi connectivity index (χ0n) is 23.2. The average molecular weight is 620 g/mol. The summed E-state index contributed by atoms with van der Waals surface area (Å²) in [5.74, 6) is -4.06. The Morgan fingerprint density at radius 1 is 1.16 bits per heavy atom. The number of benzene rings is 2. The van der Waals surface area contributed by atoms with Crippen molar-refractivity contribution in [2.75, 3.05) is 13.2 Å². The summed E-state index contributed by atoms with van der Waals surface area (Å²) in [7, 11) is 0. The smallest absolute Gasteiger partial charge is 0.417 e. The second kappa shape index (κ2) is 12.1. The molecule has 15 heteroatoms. The molecule has 3 heterocycles. The molecule has 0 radical (unpaired) electrons. The normalized spacial score (nSPS) is 14.4. The van der Waals surface area contributed by atoms with Gasteiger partial charge in [0.1, 0.15) is 23.0 Å². The van der Waals surface area contributed by atoms with Crippen molar-refractivity contribution in [1.82, 2.24) is 20.1 Å². The standard InChI is InChI=1S/C29H26F5N5O5/c1-2-11-43-16-7-8-17(19(12-16)29(32,33)34)21-13-24(44-38-21)28(27(41)42,9-4-10-40)39-15-23-22(14-35-39)36-26(37-23)18-5-3-6-20(30)25(18)31/h3,5-8,12-14,40H,2,4,9-11,15H2,1H3,(H,36,37)(H,41,42). The number of carbonyl (C=O) groups is 1. The molecule has 1 aliphatic rings. The first-order chi connectivity index (χ1) is 21.0. The van der Waals surface area contributed by atoms with Crippen molar-refractivity contribution in [2.24, 2.45) is 5.10 Å². The molecule has 0 fully saturated rings. The number of carboxylic acids is 1. The highest BCUT2D eigenvalue weighted by atomic mass is 19.4. The van der Waals surface area contributed by atoms with Crippen LogP contribution in [-0.4, -0.2) is 55.7 Å². The van der Waals surface area contributed by atoms with Crippen LogP contribution < -0.4 is 4.74 Å². The number of hydrogen-bond acceptors (Lipinski definition) is 8. The van der Waals surface area contributed by atoms with Crippen molar-refractivity contribution in [1.29, 1.82) is 0 Å². The van der Waals surface area contributed by atoms with E-state index in [4.69, 9.17) is 9.26 Å². The molecular weight excluding hydrogens is 593 g/mol. The number of imidazole rings is 1. The van der Waals surface area contributed by atoms with Crippen molar-refractivity contribution in [3.63, 3.8) is 0 Å². The Bertz CT molecular complexity index is 1700. The fourth-order valence-electron chi connectivity index (χ4n) is 4.94. The second-order valence-electron chi connectivity index (χ2n) is 9.98. The molecular formula is C29H26F5N5O5. The van der Waals surface area contributed by atoms with Crippen LogP contribution in [0.2, 0.25) is 0 Å². The Kier molecular flexibility index (Phi) is 8.41. The van der Waals surface area contributed by atoms with Gasteiger partial charge >= 0.3 is 12.1 Å². The lowest BCUT2D eigenvalue weighted by Crippen LogP contribution is -2.50. The molecule has 44 heavy (non-hydrogen) atoms. The number of aromatic nitrogens is 3. The molecule has 0 saturated heterocycles. The van der Waals surface area contributed by atoms with Gasteiger partial charge in [-0.05, 0) is 49.6 Å². The summed E-state index contributed by atoms with van der Waals surface area (Å²) in [4.78, 5) is 20.1. The van der Waals surface area contributed by atoms with Gasteiger partial charge in [-0.3, -0.25) is 5.01 Å². The van der Waals surface area contributed by atoms with Gasteiger partial charge in [0.2, 0.25) is 5.54 Å². The van der Waals surface area contributed by atoms with Crippen molar-refractivity contribution in [3.8, 4) is 28.4 Å². The van der Waals surface area contributed by atoms with E-state index in [0.29, 0.717) is 12.1 Å². The largest absolute Gasteiger partial charge is 0.494 e. The van der Waals surface area contributed by atoms with Gasteiger partial charge in [0, 0.05) is 18.2 Å². The van der Waals surface area contributed by atoms with E-state index in [1.54, 1.807) is 0 Å². The summed E-state index contributed by atoms with van der Waals surface area (Å²) in [6.07, 6.45) is -3.34. The van der Waals surface area contributed by atoms with Gasteiger partial charge in [-0.25, -0.2) is 18.6 Å². The monoisotopic (exact) mass is 619 g/mol. The lowest BCUT2D eigenvalue weighted by Gasteiger charge is -2.37. The number of hydrazone groups is 1. The number of alkyl halides is 3. The van der Waals surface area contributed by atoms with E-state index in [2.05, 4.69) is 20.2 Å². The lowest BCUT2D eigenvalue weighted by molar-refractivity contribution is -0.156. The molecule has 5 rings (SSSR count). The van der Waals surface area contributed by atoms with Crippen LogP contribution in [0.5, 0.6) is 5.75 Å². The Morgan fingerprint density at radius 3 is 2.66 bits per heavy atom. The highest BCUT2D eigenvalue weighted by Crippen LogP contribution is 2.42. The number of H-pyrrole nitrogens is 1. The minimum atomic E-state index is -4.80. The third kappa shape index (κ3) is 5.62. The number of carboxylic acid groups (broad SMARTS) is 1. The van der Waals surface area contributed by atoms with Crippen LogP contribution in [0.15, 0.2) is 52.1 Å². The number of aliphatic carboxylic acids is 1. The van der Waals surface area contributed by atoms with E-state index in [9.17, 15) is 37.0 Å². The van der Waals surface area contributed by atoms with Crippen molar-refractivity contribution < 1.29 is 46.2 Å². The van der Waals surface area contributed by atoms with Crippen molar-refractivity contribution in [3.05, 3.63) is 76.8 Å². The zero-order chi connectivity index (χ0) is 31.6. The molecule has 0 saturated carbocycles. The van der Waals surface area contributed by atoms with E-state index in [-0.39, 0.29) is 65.8 Å². The second-order valence-corrected chi connectivity index (χ2v) is 9.98. The number of fused-ring (bicyclic) bond motifs is 1. The van der Waals surface area contributed by atoms with Crippen LogP contribution in [0.4, 0.5) is 22.0 Å². The lowest BCUT2D eigenvalue weighted by atomic mass is 9.88. The Balaban J connectivity index is 1.54. The quantitative estimate of drug-likeness (QED) is 0.181. The first-order valence-electron chi connectivity index (χ1n) is 13.5. The maximum atomic E-state index is 14.4. The molecule has 1 unspecified atom stereocenters. The molecule has 2 aromatic heterocycles.